The van der Waals surface area contributed by atoms with Crippen molar-refractivity contribution in [3.63, 3.8) is 0 Å². The molecule has 0 spiro atoms. The molecule has 0 bridgehead atoms. The SMILES string of the molecule is COc1cccc(C2(O)CC(C)CCC2C)c1. The van der Waals surface area contributed by atoms with Crippen molar-refractivity contribution in [2.24, 2.45) is 11.8 Å². The summed E-state index contributed by atoms with van der Waals surface area (Å²) < 4.78 is 5.24. The summed E-state index contributed by atoms with van der Waals surface area (Å²) in [6.45, 7) is 4.36. The highest BCUT2D eigenvalue weighted by Crippen LogP contribution is 2.44. The highest BCUT2D eigenvalue weighted by Gasteiger charge is 2.40. The van der Waals surface area contributed by atoms with Gasteiger partial charge in [-0.25, -0.2) is 0 Å². The molecule has 3 atom stereocenters. The third-order valence-corrected chi connectivity index (χ3v) is 4.14. The van der Waals surface area contributed by atoms with Gasteiger partial charge in [-0.15, -0.1) is 0 Å². The van der Waals surface area contributed by atoms with Crippen LogP contribution in [0, 0.1) is 11.8 Å². The van der Waals surface area contributed by atoms with Crippen LogP contribution in [0.5, 0.6) is 5.75 Å². The van der Waals surface area contributed by atoms with Crippen molar-refractivity contribution in [2.45, 2.75) is 38.7 Å². The van der Waals surface area contributed by atoms with Gasteiger partial charge in [0.05, 0.1) is 12.7 Å². The Bertz CT molecular complexity index is 388. The van der Waals surface area contributed by atoms with Gasteiger partial charge in [0, 0.05) is 0 Å². The van der Waals surface area contributed by atoms with Gasteiger partial charge in [0.25, 0.3) is 0 Å². The molecule has 3 unspecified atom stereocenters. The minimum absolute atomic E-state index is 0.311. The van der Waals surface area contributed by atoms with Crippen LogP contribution in [0.3, 0.4) is 0 Å². The summed E-state index contributed by atoms with van der Waals surface area (Å²) in [5.74, 6) is 1.72. The lowest BCUT2D eigenvalue weighted by Crippen LogP contribution is -2.39. The molecular weight excluding hydrogens is 212 g/mol. The zero-order valence-corrected chi connectivity index (χ0v) is 10.9. The van der Waals surface area contributed by atoms with E-state index < -0.39 is 5.60 Å². The molecule has 0 aliphatic heterocycles. The van der Waals surface area contributed by atoms with Crippen LogP contribution in [0.4, 0.5) is 0 Å². The Hall–Kier alpha value is -1.02. The zero-order valence-electron chi connectivity index (χ0n) is 10.9. The second kappa shape index (κ2) is 4.69. The molecule has 0 radical (unpaired) electrons. The first-order valence-corrected chi connectivity index (χ1v) is 6.43. The van der Waals surface area contributed by atoms with Gasteiger partial charge in [-0.3, -0.25) is 0 Å². The lowest BCUT2D eigenvalue weighted by atomic mass is 9.69. The van der Waals surface area contributed by atoms with Crippen molar-refractivity contribution in [1.82, 2.24) is 0 Å². The van der Waals surface area contributed by atoms with Crippen molar-refractivity contribution < 1.29 is 9.84 Å². The largest absolute Gasteiger partial charge is 0.497 e. The summed E-state index contributed by atoms with van der Waals surface area (Å²) in [6, 6.07) is 7.85. The topological polar surface area (TPSA) is 29.5 Å². The van der Waals surface area contributed by atoms with E-state index in [9.17, 15) is 5.11 Å². The maximum atomic E-state index is 10.9. The number of rotatable bonds is 2. The Balaban J connectivity index is 2.34. The molecular formula is C15H22O2. The van der Waals surface area contributed by atoms with Crippen LogP contribution in [-0.4, -0.2) is 12.2 Å². The van der Waals surface area contributed by atoms with Gasteiger partial charge < -0.3 is 9.84 Å². The molecule has 1 fully saturated rings. The highest BCUT2D eigenvalue weighted by atomic mass is 16.5. The third-order valence-electron chi connectivity index (χ3n) is 4.14. The standard InChI is InChI=1S/C15H22O2/c1-11-7-8-12(2)15(16,10-11)13-5-4-6-14(9-13)17-3/h4-6,9,11-12,16H,7-8,10H2,1-3H3. The predicted molar refractivity (Wildman–Crippen MR) is 69.1 cm³/mol. The Morgan fingerprint density at radius 3 is 2.76 bits per heavy atom. The van der Waals surface area contributed by atoms with E-state index in [4.69, 9.17) is 4.74 Å². The average molecular weight is 234 g/mol. The van der Waals surface area contributed by atoms with E-state index >= 15 is 0 Å². The quantitative estimate of drug-likeness (QED) is 0.850. The lowest BCUT2D eigenvalue weighted by molar-refractivity contribution is -0.0628. The minimum atomic E-state index is -0.688. The average Bonchev–Trinajstić information content (AvgIpc) is 2.34. The zero-order chi connectivity index (χ0) is 12.5. The van der Waals surface area contributed by atoms with Crippen molar-refractivity contribution >= 4 is 0 Å². The third kappa shape index (κ3) is 2.32. The van der Waals surface area contributed by atoms with Crippen LogP contribution >= 0.6 is 0 Å². The van der Waals surface area contributed by atoms with Crippen molar-refractivity contribution in [3.8, 4) is 5.75 Å². The number of ether oxygens (including phenoxy) is 1. The maximum Gasteiger partial charge on any atom is 0.119 e. The molecule has 94 valence electrons. The summed E-state index contributed by atoms with van der Waals surface area (Å²) in [5, 5.41) is 10.9. The molecule has 1 N–H and O–H groups in total. The van der Waals surface area contributed by atoms with Crippen LogP contribution < -0.4 is 4.74 Å². The fraction of sp³-hybridized carbons (Fsp3) is 0.600. The molecule has 0 amide bonds. The number of aliphatic hydroxyl groups is 1. The Labute approximate surface area is 104 Å². The van der Waals surface area contributed by atoms with Gasteiger partial charge in [-0.1, -0.05) is 32.4 Å². The van der Waals surface area contributed by atoms with E-state index in [-0.39, 0.29) is 0 Å². The van der Waals surface area contributed by atoms with E-state index in [0.29, 0.717) is 11.8 Å². The normalized spacial score (nSPS) is 33.4. The van der Waals surface area contributed by atoms with Crippen molar-refractivity contribution in [1.29, 1.82) is 0 Å². The van der Waals surface area contributed by atoms with Gasteiger partial charge in [0.15, 0.2) is 0 Å². The monoisotopic (exact) mass is 234 g/mol. The first-order chi connectivity index (χ1) is 8.06. The fourth-order valence-electron chi connectivity index (χ4n) is 2.90. The minimum Gasteiger partial charge on any atom is -0.497 e. The summed E-state index contributed by atoms with van der Waals surface area (Å²) in [5.41, 5.74) is 0.308. The molecule has 2 nitrogen and oxygen atoms in total. The molecule has 2 rings (SSSR count). The number of hydrogen-bond acceptors (Lipinski definition) is 2. The number of hydrogen-bond donors (Lipinski definition) is 1. The highest BCUT2D eigenvalue weighted by molar-refractivity contribution is 5.33. The van der Waals surface area contributed by atoms with E-state index in [1.165, 1.54) is 6.42 Å². The van der Waals surface area contributed by atoms with E-state index in [1.54, 1.807) is 7.11 Å². The van der Waals surface area contributed by atoms with Gasteiger partial charge >= 0.3 is 0 Å². The lowest BCUT2D eigenvalue weighted by Gasteiger charge is -2.41. The maximum absolute atomic E-state index is 10.9. The van der Waals surface area contributed by atoms with Crippen LogP contribution in [0.25, 0.3) is 0 Å². The summed E-state index contributed by atoms with van der Waals surface area (Å²) in [4.78, 5) is 0. The Morgan fingerprint density at radius 1 is 1.29 bits per heavy atom. The first-order valence-electron chi connectivity index (χ1n) is 6.43. The van der Waals surface area contributed by atoms with Gasteiger partial charge in [0.2, 0.25) is 0 Å². The number of benzene rings is 1. The van der Waals surface area contributed by atoms with Gasteiger partial charge in [-0.05, 0) is 42.4 Å². The molecule has 2 heteroatoms. The van der Waals surface area contributed by atoms with Gasteiger partial charge in [-0.2, -0.15) is 0 Å². The molecule has 1 saturated carbocycles. The first kappa shape index (κ1) is 12.4. The predicted octanol–water partition coefficient (Wildman–Crippen LogP) is 3.34. The van der Waals surface area contributed by atoms with Gasteiger partial charge in [0.1, 0.15) is 5.75 Å². The summed E-state index contributed by atoms with van der Waals surface area (Å²) in [7, 11) is 1.66. The molecule has 1 aromatic carbocycles. The van der Waals surface area contributed by atoms with Crippen molar-refractivity contribution in [2.75, 3.05) is 7.11 Å². The summed E-state index contributed by atoms with van der Waals surface area (Å²) in [6.07, 6.45) is 3.16. The van der Waals surface area contributed by atoms with Crippen LogP contribution in [0.1, 0.15) is 38.7 Å². The molecule has 1 aliphatic carbocycles. The molecule has 1 aliphatic rings. The van der Waals surface area contributed by atoms with Crippen LogP contribution in [0.15, 0.2) is 24.3 Å². The fourth-order valence-corrected chi connectivity index (χ4v) is 2.90. The molecule has 17 heavy (non-hydrogen) atoms. The molecule has 0 aromatic heterocycles. The molecule has 0 saturated heterocycles. The Morgan fingerprint density at radius 2 is 2.06 bits per heavy atom. The molecule has 1 aromatic rings. The van der Waals surface area contributed by atoms with Crippen LogP contribution in [0.2, 0.25) is 0 Å². The van der Waals surface area contributed by atoms with E-state index in [1.807, 2.05) is 24.3 Å². The van der Waals surface area contributed by atoms with Crippen molar-refractivity contribution in [3.05, 3.63) is 29.8 Å². The van der Waals surface area contributed by atoms with E-state index in [0.717, 1.165) is 24.2 Å². The van der Waals surface area contributed by atoms with Crippen LogP contribution in [-0.2, 0) is 5.60 Å². The second-order valence-electron chi connectivity index (χ2n) is 5.44. The molecule has 0 heterocycles. The second-order valence-corrected chi connectivity index (χ2v) is 5.44. The summed E-state index contributed by atoms with van der Waals surface area (Å²) >= 11 is 0. The Kier molecular flexibility index (Phi) is 3.43. The van der Waals surface area contributed by atoms with E-state index in [2.05, 4.69) is 13.8 Å². The smallest absolute Gasteiger partial charge is 0.119 e. The number of methoxy groups -OCH3 is 1.